The van der Waals surface area contributed by atoms with Crippen LogP contribution in [-0.2, 0) is 17.5 Å². The lowest BCUT2D eigenvalue weighted by molar-refractivity contribution is -0.142. The molecule has 2 amide bonds. The van der Waals surface area contributed by atoms with Crippen LogP contribution in [0, 0.1) is 0 Å². The van der Waals surface area contributed by atoms with E-state index >= 15 is 0 Å². The molecule has 4 aromatic rings. The molecule has 1 aliphatic carbocycles. The van der Waals surface area contributed by atoms with Crippen molar-refractivity contribution >= 4 is 17.8 Å². The van der Waals surface area contributed by atoms with E-state index in [1.54, 1.807) is 29.6 Å². The standard InChI is InChI=1S/C32H33F3N8O4/c1-45-30-38-15-22(16-39-30)21-7-12-27(36-14-21)43(31(44)40-13-20-5-3-2-4-6-20)24-10-8-23(9-11-24)41-29-37-17-26(32(33,34)35)28(42-29)47-25-18-46-19-25/h2-7,12,14-17,23-25H,8-11,13,18-19H2,1H3,(H,40,44)(H,37,41,42). The van der Waals surface area contributed by atoms with Crippen LogP contribution in [0.5, 0.6) is 11.9 Å². The van der Waals surface area contributed by atoms with Crippen molar-refractivity contribution in [1.29, 1.82) is 0 Å². The summed E-state index contributed by atoms with van der Waals surface area (Å²) in [6.07, 6.45) is 2.99. The molecule has 0 spiro atoms. The number of anilines is 2. The number of pyridine rings is 1. The summed E-state index contributed by atoms with van der Waals surface area (Å²) in [5.74, 6) is 0.0147. The first kappa shape index (κ1) is 31.9. The second-order valence-corrected chi connectivity index (χ2v) is 11.2. The van der Waals surface area contributed by atoms with Crippen molar-refractivity contribution in [1.82, 2.24) is 30.2 Å². The molecule has 12 nitrogen and oxygen atoms in total. The van der Waals surface area contributed by atoms with Gasteiger partial charge in [-0.25, -0.2) is 24.7 Å². The largest absolute Gasteiger partial charge is 0.469 e. The second-order valence-electron chi connectivity index (χ2n) is 11.2. The minimum Gasteiger partial charge on any atom is -0.469 e. The van der Waals surface area contributed by atoms with E-state index in [1.807, 2.05) is 36.4 Å². The fourth-order valence-electron chi connectivity index (χ4n) is 5.41. The second kappa shape index (κ2) is 14.2. The molecule has 4 heterocycles. The third kappa shape index (κ3) is 7.85. The summed E-state index contributed by atoms with van der Waals surface area (Å²) in [4.78, 5) is 36.3. The Morgan fingerprint density at radius 2 is 1.66 bits per heavy atom. The molecule has 47 heavy (non-hydrogen) atoms. The van der Waals surface area contributed by atoms with Gasteiger partial charge in [0, 0.05) is 54.5 Å². The SMILES string of the molecule is COc1ncc(-c2ccc(N(C(=O)NCc3ccccc3)C3CCC(Nc4ncc(C(F)(F)F)c(OC5COC5)n4)CC3)nc2)cn1. The molecule has 0 bridgehead atoms. The first-order valence-electron chi connectivity index (χ1n) is 15.2. The van der Waals surface area contributed by atoms with Gasteiger partial charge in [-0.1, -0.05) is 30.3 Å². The molecule has 6 rings (SSSR count). The molecule has 2 fully saturated rings. The van der Waals surface area contributed by atoms with Gasteiger partial charge in [0.15, 0.2) is 0 Å². The maximum absolute atomic E-state index is 13.7. The van der Waals surface area contributed by atoms with Gasteiger partial charge in [0.2, 0.25) is 11.8 Å². The highest BCUT2D eigenvalue weighted by atomic mass is 19.4. The van der Waals surface area contributed by atoms with E-state index in [0.717, 1.165) is 22.9 Å². The van der Waals surface area contributed by atoms with Gasteiger partial charge in [-0.3, -0.25) is 4.90 Å². The highest BCUT2D eigenvalue weighted by Gasteiger charge is 2.38. The molecule has 0 atom stereocenters. The van der Waals surface area contributed by atoms with Crippen LogP contribution in [0.3, 0.4) is 0 Å². The van der Waals surface area contributed by atoms with E-state index in [0.29, 0.717) is 38.0 Å². The lowest BCUT2D eigenvalue weighted by Crippen LogP contribution is -2.49. The lowest BCUT2D eigenvalue weighted by Gasteiger charge is -2.36. The summed E-state index contributed by atoms with van der Waals surface area (Å²) in [5, 5.41) is 6.18. The average molecular weight is 651 g/mol. The van der Waals surface area contributed by atoms with Crippen LogP contribution in [0.2, 0.25) is 0 Å². The number of methoxy groups -OCH3 is 1. The molecule has 1 saturated heterocycles. The Balaban J connectivity index is 1.15. The summed E-state index contributed by atoms with van der Waals surface area (Å²) in [7, 11) is 1.49. The molecule has 2 N–H and O–H groups in total. The first-order chi connectivity index (χ1) is 22.8. The maximum atomic E-state index is 13.7. The van der Waals surface area contributed by atoms with E-state index in [2.05, 4.69) is 35.6 Å². The van der Waals surface area contributed by atoms with Gasteiger partial charge < -0.3 is 24.8 Å². The van der Waals surface area contributed by atoms with Crippen molar-refractivity contribution in [3.63, 3.8) is 0 Å². The van der Waals surface area contributed by atoms with Crippen molar-refractivity contribution in [3.8, 4) is 23.0 Å². The maximum Gasteiger partial charge on any atom is 0.423 e. The zero-order valence-electron chi connectivity index (χ0n) is 25.5. The fourth-order valence-corrected chi connectivity index (χ4v) is 5.41. The summed E-state index contributed by atoms with van der Waals surface area (Å²) < 4.78 is 56.2. The number of nitrogens with one attached hydrogen (secondary N) is 2. The number of amides is 2. The summed E-state index contributed by atoms with van der Waals surface area (Å²) in [6, 6.07) is 12.9. The number of urea groups is 1. The van der Waals surface area contributed by atoms with Gasteiger partial charge >= 0.3 is 18.2 Å². The highest BCUT2D eigenvalue weighted by molar-refractivity contribution is 5.91. The highest BCUT2D eigenvalue weighted by Crippen LogP contribution is 2.36. The van der Waals surface area contributed by atoms with Crippen molar-refractivity contribution in [2.24, 2.45) is 0 Å². The number of rotatable bonds is 10. The topological polar surface area (TPSA) is 137 Å². The summed E-state index contributed by atoms with van der Waals surface area (Å²) >= 11 is 0. The molecule has 0 unspecified atom stereocenters. The Kier molecular flexibility index (Phi) is 9.61. The van der Waals surface area contributed by atoms with Crippen LogP contribution >= 0.6 is 0 Å². The van der Waals surface area contributed by atoms with Crippen molar-refractivity contribution < 1.29 is 32.2 Å². The fraction of sp³-hybridized carbons (Fsp3) is 0.375. The van der Waals surface area contributed by atoms with Crippen LogP contribution in [0.15, 0.2) is 67.3 Å². The van der Waals surface area contributed by atoms with E-state index in [-0.39, 0.29) is 43.3 Å². The monoisotopic (exact) mass is 650 g/mol. The Hall–Kier alpha value is -5.05. The van der Waals surface area contributed by atoms with Crippen LogP contribution < -0.4 is 25.0 Å². The molecule has 1 saturated carbocycles. The number of hydrogen-bond acceptors (Lipinski definition) is 10. The van der Waals surface area contributed by atoms with Crippen molar-refractivity contribution in [3.05, 3.63) is 78.4 Å². The summed E-state index contributed by atoms with van der Waals surface area (Å²) in [5.41, 5.74) is 1.45. The predicted molar refractivity (Wildman–Crippen MR) is 165 cm³/mol. The number of halogens is 3. The Bertz CT molecular complexity index is 1630. The number of alkyl halides is 3. The number of nitrogens with zero attached hydrogens (tertiary/aromatic N) is 6. The zero-order valence-corrected chi connectivity index (χ0v) is 25.5. The van der Waals surface area contributed by atoms with Crippen molar-refractivity contribution in [2.75, 3.05) is 30.5 Å². The van der Waals surface area contributed by atoms with E-state index in [4.69, 9.17) is 14.2 Å². The van der Waals surface area contributed by atoms with Crippen LogP contribution in [0.4, 0.5) is 29.7 Å². The number of benzene rings is 1. The van der Waals surface area contributed by atoms with E-state index in [9.17, 15) is 18.0 Å². The van der Waals surface area contributed by atoms with Gasteiger partial charge in [0.05, 0.1) is 20.3 Å². The van der Waals surface area contributed by atoms with Crippen LogP contribution in [0.1, 0.15) is 36.8 Å². The number of carbonyl (C=O) groups is 1. The van der Waals surface area contributed by atoms with Gasteiger partial charge in [-0.2, -0.15) is 18.2 Å². The average Bonchev–Trinajstić information content (AvgIpc) is 3.07. The van der Waals surface area contributed by atoms with Crippen molar-refractivity contribution in [2.45, 2.75) is 56.6 Å². The normalized spacial score (nSPS) is 18.1. The van der Waals surface area contributed by atoms with Gasteiger partial charge in [-0.05, 0) is 43.4 Å². The molecule has 3 aromatic heterocycles. The zero-order chi connectivity index (χ0) is 32.8. The predicted octanol–water partition coefficient (Wildman–Crippen LogP) is 5.27. The lowest BCUT2D eigenvalue weighted by atomic mass is 9.90. The third-order valence-electron chi connectivity index (χ3n) is 7.98. The minimum atomic E-state index is -4.66. The number of carbonyl (C=O) groups excluding carboxylic acids is 1. The van der Waals surface area contributed by atoms with Gasteiger partial charge in [0.25, 0.3) is 0 Å². The molecule has 0 radical (unpaired) electrons. The smallest absolute Gasteiger partial charge is 0.423 e. The quantitative estimate of drug-likeness (QED) is 0.234. The van der Waals surface area contributed by atoms with Crippen LogP contribution in [0.25, 0.3) is 11.1 Å². The van der Waals surface area contributed by atoms with Gasteiger partial charge in [0.1, 0.15) is 17.5 Å². The molecule has 246 valence electrons. The van der Waals surface area contributed by atoms with Crippen LogP contribution in [-0.4, -0.2) is 69.5 Å². The van der Waals surface area contributed by atoms with E-state index < -0.39 is 23.7 Å². The molecule has 2 aliphatic rings. The Morgan fingerprint density at radius 3 is 2.28 bits per heavy atom. The molecular weight excluding hydrogens is 617 g/mol. The number of hydrogen-bond donors (Lipinski definition) is 2. The Labute approximate surface area is 268 Å². The third-order valence-corrected chi connectivity index (χ3v) is 7.98. The van der Waals surface area contributed by atoms with Gasteiger partial charge in [-0.15, -0.1) is 0 Å². The molecule has 15 heteroatoms. The number of aromatic nitrogens is 5. The molecular formula is C32H33F3N8O4. The summed E-state index contributed by atoms with van der Waals surface area (Å²) in [6.45, 7) is 0.755. The molecule has 1 aliphatic heterocycles. The molecule has 1 aromatic carbocycles. The van der Waals surface area contributed by atoms with E-state index in [1.165, 1.54) is 7.11 Å². The Morgan fingerprint density at radius 1 is 0.936 bits per heavy atom. The number of ether oxygens (including phenoxy) is 3. The minimum absolute atomic E-state index is 0.0499. The first-order valence-corrected chi connectivity index (χ1v) is 15.2.